The van der Waals surface area contributed by atoms with Crippen LogP contribution in [-0.2, 0) is 10.0 Å². The number of nitrogens with one attached hydrogen (secondary N) is 1. The minimum Gasteiger partial charge on any atom is -0.355 e. The topological polar surface area (TPSA) is 126 Å². The maximum Gasteiger partial charge on any atom is 0.266 e. The van der Waals surface area contributed by atoms with Crippen LogP contribution in [0.1, 0.15) is 46.7 Å². The Balaban J connectivity index is 0.00000324. The summed E-state index contributed by atoms with van der Waals surface area (Å²) in [5.41, 5.74) is 8.81. The first-order chi connectivity index (χ1) is 15.6. The lowest BCUT2D eigenvalue weighted by molar-refractivity contribution is 0.0728. The summed E-state index contributed by atoms with van der Waals surface area (Å²) in [5, 5.41) is 6.40. The highest BCUT2D eigenvalue weighted by Gasteiger charge is 2.28. The number of halogens is 1. The maximum atomic E-state index is 13.2. The molecular formula is C21H30ClN7O3S2. The van der Waals surface area contributed by atoms with Crippen LogP contribution in [-0.4, -0.2) is 66.3 Å². The average Bonchev–Trinajstić information content (AvgIpc) is 3.46. The highest BCUT2D eigenvalue weighted by molar-refractivity contribution is 7.92. The molecule has 186 valence electrons. The van der Waals surface area contributed by atoms with E-state index in [1.165, 1.54) is 11.3 Å². The summed E-state index contributed by atoms with van der Waals surface area (Å²) in [6.07, 6.45) is 4.60. The Bertz CT molecular complexity index is 1290. The molecule has 1 amide bonds. The number of fused-ring (bicyclic) bond motifs is 1. The van der Waals surface area contributed by atoms with E-state index in [0.717, 1.165) is 42.8 Å². The first-order valence-corrected chi connectivity index (χ1v) is 13.5. The van der Waals surface area contributed by atoms with Crippen LogP contribution in [0.5, 0.6) is 0 Å². The number of hydrogen-bond acceptors (Lipinski definition) is 8. The molecule has 0 unspecified atom stereocenters. The summed E-state index contributed by atoms with van der Waals surface area (Å²) in [4.78, 5) is 22.2. The monoisotopic (exact) mass is 527 g/mol. The number of nitrogens with zero attached hydrogens (tertiary/aromatic N) is 5. The van der Waals surface area contributed by atoms with Crippen LogP contribution in [0.15, 0.2) is 23.7 Å². The first-order valence-electron chi connectivity index (χ1n) is 10.8. The van der Waals surface area contributed by atoms with E-state index in [4.69, 9.17) is 15.8 Å². The molecule has 0 radical (unpaired) electrons. The number of carbonyl (C=O) groups is 1. The molecule has 0 bridgehead atoms. The lowest BCUT2D eigenvalue weighted by Crippen LogP contribution is -2.31. The van der Waals surface area contributed by atoms with Crippen molar-refractivity contribution in [3.05, 3.63) is 39.8 Å². The van der Waals surface area contributed by atoms with Crippen LogP contribution >= 0.6 is 23.7 Å². The Morgan fingerprint density at radius 1 is 1.44 bits per heavy atom. The number of sulfonamides is 1. The fourth-order valence-electron chi connectivity index (χ4n) is 4.22. The van der Waals surface area contributed by atoms with E-state index in [9.17, 15) is 13.2 Å². The lowest BCUT2D eigenvalue weighted by Gasteiger charge is -2.25. The molecule has 0 aromatic carbocycles. The van der Waals surface area contributed by atoms with Crippen LogP contribution in [0, 0.1) is 6.92 Å². The molecule has 3 aromatic rings. The fraction of sp³-hybridized carbons (Fsp3) is 0.476. The molecular weight excluding hydrogens is 498 g/mol. The molecule has 1 saturated heterocycles. The number of carbonyl (C=O) groups excluding carboxylic acids is 1. The van der Waals surface area contributed by atoms with Gasteiger partial charge in [-0.25, -0.2) is 17.9 Å². The van der Waals surface area contributed by atoms with Crippen LogP contribution in [0.3, 0.4) is 0 Å². The second-order valence-electron chi connectivity index (χ2n) is 8.49. The van der Waals surface area contributed by atoms with E-state index in [0.29, 0.717) is 16.9 Å². The van der Waals surface area contributed by atoms with Crippen molar-refractivity contribution in [3.63, 3.8) is 0 Å². The van der Waals surface area contributed by atoms with Crippen LogP contribution in [0.2, 0.25) is 0 Å². The number of aryl methyl sites for hydroxylation is 1. The zero-order chi connectivity index (χ0) is 23.9. The SMILES string of the molecule is CC[C@@H](c1cc2nc(N3CC[C@H](N)C3)c(C)cn2n1)N(C)C(=O)c1sccc1NS(C)(=O)=O.Cl. The van der Waals surface area contributed by atoms with E-state index >= 15 is 0 Å². The number of nitrogens with two attached hydrogens (primary N) is 1. The third-order valence-electron chi connectivity index (χ3n) is 5.82. The van der Waals surface area contributed by atoms with Gasteiger partial charge in [-0.1, -0.05) is 6.92 Å². The summed E-state index contributed by atoms with van der Waals surface area (Å²) < 4.78 is 27.5. The van der Waals surface area contributed by atoms with Gasteiger partial charge in [-0.15, -0.1) is 23.7 Å². The minimum atomic E-state index is -3.49. The van der Waals surface area contributed by atoms with Gasteiger partial charge in [-0.3, -0.25) is 9.52 Å². The van der Waals surface area contributed by atoms with Crippen molar-refractivity contribution in [2.24, 2.45) is 5.73 Å². The van der Waals surface area contributed by atoms with Gasteiger partial charge in [0.2, 0.25) is 10.0 Å². The van der Waals surface area contributed by atoms with Crippen LogP contribution < -0.4 is 15.4 Å². The summed E-state index contributed by atoms with van der Waals surface area (Å²) in [6.45, 7) is 5.65. The summed E-state index contributed by atoms with van der Waals surface area (Å²) in [5.74, 6) is 0.644. The maximum absolute atomic E-state index is 13.2. The second-order valence-corrected chi connectivity index (χ2v) is 11.2. The predicted octanol–water partition coefficient (Wildman–Crippen LogP) is 2.65. The van der Waals surface area contributed by atoms with Crippen molar-refractivity contribution in [1.82, 2.24) is 19.5 Å². The van der Waals surface area contributed by atoms with E-state index in [1.807, 2.05) is 26.1 Å². The van der Waals surface area contributed by atoms with Gasteiger partial charge in [0, 0.05) is 44.0 Å². The van der Waals surface area contributed by atoms with Gasteiger partial charge in [0.25, 0.3) is 5.91 Å². The fourth-order valence-corrected chi connectivity index (χ4v) is 5.69. The number of amides is 1. The number of aromatic nitrogens is 3. The molecule has 10 nitrogen and oxygen atoms in total. The van der Waals surface area contributed by atoms with E-state index in [1.54, 1.807) is 27.9 Å². The molecule has 4 heterocycles. The van der Waals surface area contributed by atoms with Crippen molar-refractivity contribution >= 4 is 56.8 Å². The van der Waals surface area contributed by atoms with Crippen LogP contribution in [0.4, 0.5) is 11.5 Å². The molecule has 4 rings (SSSR count). The molecule has 1 aliphatic heterocycles. The zero-order valence-electron chi connectivity index (χ0n) is 19.6. The molecule has 0 spiro atoms. The summed E-state index contributed by atoms with van der Waals surface area (Å²) in [7, 11) is -1.78. The Morgan fingerprint density at radius 2 is 2.18 bits per heavy atom. The summed E-state index contributed by atoms with van der Waals surface area (Å²) >= 11 is 1.20. The highest BCUT2D eigenvalue weighted by atomic mass is 35.5. The second kappa shape index (κ2) is 10.1. The van der Waals surface area contributed by atoms with Gasteiger partial charge in [-0.2, -0.15) is 5.10 Å². The van der Waals surface area contributed by atoms with E-state index in [-0.39, 0.29) is 36.1 Å². The summed E-state index contributed by atoms with van der Waals surface area (Å²) in [6, 6.07) is 3.36. The smallest absolute Gasteiger partial charge is 0.266 e. The number of rotatable bonds is 7. The predicted molar refractivity (Wildman–Crippen MR) is 138 cm³/mol. The quantitative estimate of drug-likeness (QED) is 0.483. The van der Waals surface area contributed by atoms with Crippen molar-refractivity contribution in [1.29, 1.82) is 0 Å². The molecule has 0 saturated carbocycles. The molecule has 1 aliphatic rings. The molecule has 2 atom stereocenters. The van der Waals surface area contributed by atoms with Crippen molar-refractivity contribution in [2.75, 3.05) is 36.0 Å². The molecule has 3 aromatic heterocycles. The van der Waals surface area contributed by atoms with Crippen molar-refractivity contribution < 1.29 is 13.2 Å². The molecule has 1 fully saturated rings. The lowest BCUT2D eigenvalue weighted by atomic mass is 10.1. The van der Waals surface area contributed by atoms with Gasteiger partial charge >= 0.3 is 0 Å². The third-order valence-corrected chi connectivity index (χ3v) is 7.31. The van der Waals surface area contributed by atoms with Gasteiger partial charge < -0.3 is 15.5 Å². The Kier molecular flexibility index (Phi) is 7.75. The average molecular weight is 528 g/mol. The first kappa shape index (κ1) is 26.2. The largest absolute Gasteiger partial charge is 0.355 e. The Morgan fingerprint density at radius 3 is 2.79 bits per heavy atom. The zero-order valence-corrected chi connectivity index (χ0v) is 22.0. The van der Waals surface area contributed by atoms with Crippen LogP contribution in [0.25, 0.3) is 5.65 Å². The highest BCUT2D eigenvalue weighted by Crippen LogP contribution is 2.30. The van der Waals surface area contributed by atoms with E-state index < -0.39 is 10.0 Å². The Labute approximate surface area is 209 Å². The van der Waals surface area contributed by atoms with Gasteiger partial charge in [-0.05, 0) is 31.2 Å². The van der Waals surface area contributed by atoms with Gasteiger partial charge in [0.15, 0.2) is 5.65 Å². The van der Waals surface area contributed by atoms with Gasteiger partial charge in [0.05, 0.1) is 23.7 Å². The molecule has 34 heavy (non-hydrogen) atoms. The number of hydrogen-bond donors (Lipinski definition) is 2. The third kappa shape index (κ3) is 5.29. The van der Waals surface area contributed by atoms with E-state index in [2.05, 4.69) is 9.62 Å². The molecule has 13 heteroatoms. The standard InChI is InChI=1S/C21H29N7O3S2.ClH/c1-5-17(26(3)21(29)19-15(7-9-32-19)25-33(4,30)31)16-10-18-23-20(13(2)11-28(18)24-16)27-8-6-14(22)12-27;/h7,9-11,14,17,25H,5-6,8,12,22H2,1-4H3;1H/t14-,17-;/m0./s1. The molecule has 0 aliphatic carbocycles. The molecule has 3 N–H and O–H groups in total. The van der Waals surface area contributed by atoms with Crippen molar-refractivity contribution in [3.8, 4) is 0 Å². The minimum absolute atomic E-state index is 0. The van der Waals surface area contributed by atoms with Gasteiger partial charge in [0.1, 0.15) is 10.7 Å². The normalized spacial score (nSPS) is 17.0. The number of anilines is 2. The number of thiophene rings is 1. The Hall–Kier alpha value is -2.41. The van der Waals surface area contributed by atoms with Crippen molar-refractivity contribution in [2.45, 2.75) is 38.8 Å².